The van der Waals surface area contributed by atoms with Gasteiger partial charge in [-0.05, 0) is 43.7 Å². The van der Waals surface area contributed by atoms with E-state index in [1.54, 1.807) is 25.1 Å². The fourth-order valence-corrected chi connectivity index (χ4v) is 3.32. The van der Waals surface area contributed by atoms with E-state index in [-0.39, 0.29) is 23.8 Å². The summed E-state index contributed by atoms with van der Waals surface area (Å²) in [4.78, 5) is 29.7. The largest absolute Gasteiger partial charge is 0.462 e. The van der Waals surface area contributed by atoms with Gasteiger partial charge in [0.15, 0.2) is 29.1 Å². The first-order chi connectivity index (χ1) is 15.8. The first-order valence-corrected chi connectivity index (χ1v) is 9.88. The lowest BCUT2D eigenvalue weighted by molar-refractivity contribution is 0.0527. The minimum absolute atomic E-state index is 0.0581. The third-order valence-corrected chi connectivity index (χ3v) is 4.90. The van der Waals surface area contributed by atoms with Gasteiger partial charge < -0.3 is 10.1 Å². The zero-order valence-corrected chi connectivity index (χ0v) is 17.5. The summed E-state index contributed by atoms with van der Waals surface area (Å²) >= 11 is 0. The molecule has 0 saturated heterocycles. The highest BCUT2D eigenvalue weighted by molar-refractivity contribution is 6.07. The highest BCUT2D eigenvalue weighted by Gasteiger charge is 2.25. The minimum atomic E-state index is -1.78. The Bertz CT molecular complexity index is 1400. The standard InChI is InChI=1S/C23H17F3N4O3/c1-3-33-23(32)15-11-27-30(18-10-12(2)13-6-4-5-7-17(13)28-18)21(15)29-22(31)14-8-9-16(24)20(26)19(14)25/h4-11H,3H2,1-2H3,(H,29,31). The van der Waals surface area contributed by atoms with E-state index in [9.17, 15) is 22.8 Å². The summed E-state index contributed by atoms with van der Waals surface area (Å²) < 4.78 is 47.3. The number of amides is 1. The second-order valence-corrected chi connectivity index (χ2v) is 7.03. The molecule has 1 amide bonds. The number of rotatable bonds is 5. The first kappa shape index (κ1) is 22.0. The Hall–Kier alpha value is -4.21. The number of esters is 1. The van der Waals surface area contributed by atoms with Crippen molar-refractivity contribution in [2.75, 3.05) is 11.9 Å². The van der Waals surface area contributed by atoms with E-state index in [2.05, 4.69) is 15.4 Å². The van der Waals surface area contributed by atoms with Crippen LogP contribution in [0.4, 0.5) is 19.0 Å². The monoisotopic (exact) mass is 454 g/mol. The molecule has 0 spiro atoms. The van der Waals surface area contributed by atoms with Crippen LogP contribution in [0.2, 0.25) is 0 Å². The van der Waals surface area contributed by atoms with Crippen LogP contribution in [-0.2, 0) is 4.74 Å². The van der Waals surface area contributed by atoms with Crippen molar-refractivity contribution in [2.24, 2.45) is 0 Å². The molecule has 10 heteroatoms. The Labute approximate surface area is 185 Å². The molecule has 0 aliphatic carbocycles. The molecule has 0 atom stereocenters. The van der Waals surface area contributed by atoms with Crippen LogP contribution in [0.1, 0.15) is 33.2 Å². The van der Waals surface area contributed by atoms with Crippen LogP contribution >= 0.6 is 0 Å². The summed E-state index contributed by atoms with van der Waals surface area (Å²) in [7, 11) is 0. The Morgan fingerprint density at radius 2 is 1.82 bits per heavy atom. The Balaban J connectivity index is 1.83. The minimum Gasteiger partial charge on any atom is -0.462 e. The Kier molecular flexibility index (Phi) is 5.82. The number of benzene rings is 2. The molecule has 4 rings (SSSR count). The molecular weight excluding hydrogens is 437 g/mol. The number of para-hydroxylation sites is 1. The summed E-state index contributed by atoms with van der Waals surface area (Å²) in [6.45, 7) is 3.52. The second kappa shape index (κ2) is 8.73. The van der Waals surface area contributed by atoms with Crippen molar-refractivity contribution in [1.82, 2.24) is 14.8 Å². The number of hydrogen-bond donors (Lipinski definition) is 1. The van der Waals surface area contributed by atoms with Crippen LogP contribution in [0, 0.1) is 24.4 Å². The van der Waals surface area contributed by atoms with Gasteiger partial charge in [0.05, 0.1) is 23.9 Å². The molecule has 2 aromatic heterocycles. The van der Waals surface area contributed by atoms with Gasteiger partial charge in [0.2, 0.25) is 0 Å². The Morgan fingerprint density at radius 1 is 1.06 bits per heavy atom. The van der Waals surface area contributed by atoms with E-state index in [4.69, 9.17) is 4.74 Å². The molecule has 0 unspecified atom stereocenters. The third-order valence-electron chi connectivity index (χ3n) is 4.90. The smallest absolute Gasteiger partial charge is 0.343 e. The summed E-state index contributed by atoms with van der Waals surface area (Å²) in [5.74, 6) is -6.67. The van der Waals surface area contributed by atoms with Gasteiger partial charge in [0.1, 0.15) is 5.56 Å². The molecular formula is C23H17F3N4O3. The zero-order chi connectivity index (χ0) is 23.7. The predicted octanol–water partition coefficient (Wildman–Crippen LogP) is 4.58. The molecule has 0 aliphatic rings. The molecule has 33 heavy (non-hydrogen) atoms. The summed E-state index contributed by atoms with van der Waals surface area (Å²) in [6, 6.07) is 10.5. The summed E-state index contributed by atoms with van der Waals surface area (Å²) in [6.07, 6.45) is 1.17. The van der Waals surface area contributed by atoms with Crippen LogP contribution in [0.15, 0.2) is 48.7 Å². The highest BCUT2D eigenvalue weighted by Crippen LogP contribution is 2.25. The van der Waals surface area contributed by atoms with Crippen molar-refractivity contribution in [3.8, 4) is 5.82 Å². The van der Waals surface area contributed by atoms with Crippen molar-refractivity contribution in [3.05, 3.63) is 82.8 Å². The van der Waals surface area contributed by atoms with Crippen LogP contribution in [0.5, 0.6) is 0 Å². The average Bonchev–Trinajstić information content (AvgIpc) is 3.21. The number of fused-ring (bicyclic) bond motifs is 1. The van der Waals surface area contributed by atoms with Gasteiger partial charge in [-0.15, -0.1) is 0 Å². The van der Waals surface area contributed by atoms with Gasteiger partial charge in [-0.2, -0.15) is 9.78 Å². The van der Waals surface area contributed by atoms with Crippen molar-refractivity contribution in [2.45, 2.75) is 13.8 Å². The van der Waals surface area contributed by atoms with E-state index >= 15 is 0 Å². The number of hydrogen-bond acceptors (Lipinski definition) is 5. The normalized spacial score (nSPS) is 10.9. The van der Waals surface area contributed by atoms with Gasteiger partial charge in [0.25, 0.3) is 5.91 Å². The van der Waals surface area contributed by atoms with Gasteiger partial charge in [-0.25, -0.2) is 22.9 Å². The molecule has 0 saturated carbocycles. The van der Waals surface area contributed by atoms with Gasteiger partial charge in [0, 0.05) is 5.39 Å². The number of nitrogens with zero attached hydrogens (tertiary/aromatic N) is 3. The predicted molar refractivity (Wildman–Crippen MR) is 114 cm³/mol. The van der Waals surface area contributed by atoms with E-state index in [0.29, 0.717) is 11.6 Å². The van der Waals surface area contributed by atoms with Crippen LogP contribution in [-0.4, -0.2) is 33.2 Å². The molecule has 168 valence electrons. The van der Waals surface area contributed by atoms with Crippen molar-refractivity contribution in [3.63, 3.8) is 0 Å². The second-order valence-electron chi connectivity index (χ2n) is 7.03. The average molecular weight is 454 g/mol. The number of carbonyl (C=O) groups excluding carboxylic acids is 2. The third kappa shape index (κ3) is 4.02. The maximum atomic E-state index is 14.2. The number of anilines is 1. The molecule has 0 fully saturated rings. The van der Waals surface area contributed by atoms with Gasteiger partial charge in [-0.3, -0.25) is 4.79 Å². The first-order valence-electron chi connectivity index (χ1n) is 9.88. The van der Waals surface area contributed by atoms with E-state index in [1.165, 1.54) is 10.9 Å². The lowest BCUT2D eigenvalue weighted by atomic mass is 10.1. The number of halogens is 3. The molecule has 1 N–H and O–H groups in total. The highest BCUT2D eigenvalue weighted by atomic mass is 19.2. The Morgan fingerprint density at radius 3 is 2.58 bits per heavy atom. The number of aromatic nitrogens is 3. The lowest BCUT2D eigenvalue weighted by Crippen LogP contribution is -2.20. The van der Waals surface area contributed by atoms with Crippen LogP contribution in [0.25, 0.3) is 16.7 Å². The van der Waals surface area contributed by atoms with E-state index < -0.39 is 34.9 Å². The molecule has 4 aromatic rings. The molecule has 0 radical (unpaired) electrons. The number of aryl methyl sites for hydroxylation is 1. The van der Waals surface area contributed by atoms with Crippen molar-refractivity contribution >= 4 is 28.6 Å². The number of pyridine rings is 1. The molecule has 0 bridgehead atoms. The van der Waals surface area contributed by atoms with E-state index in [1.807, 2.05) is 19.1 Å². The molecule has 7 nitrogen and oxygen atoms in total. The summed E-state index contributed by atoms with van der Waals surface area (Å²) in [5, 5.41) is 7.41. The quantitative estimate of drug-likeness (QED) is 0.353. The van der Waals surface area contributed by atoms with Crippen molar-refractivity contribution < 1.29 is 27.5 Å². The molecule has 2 aromatic carbocycles. The molecule has 2 heterocycles. The topological polar surface area (TPSA) is 86.1 Å². The summed E-state index contributed by atoms with van der Waals surface area (Å²) in [5.41, 5.74) is 0.622. The maximum Gasteiger partial charge on any atom is 0.343 e. The molecule has 0 aliphatic heterocycles. The van der Waals surface area contributed by atoms with Gasteiger partial charge in [-0.1, -0.05) is 18.2 Å². The maximum absolute atomic E-state index is 14.2. The SMILES string of the molecule is CCOC(=O)c1cnn(-c2cc(C)c3ccccc3n2)c1NC(=O)c1ccc(F)c(F)c1F. The lowest BCUT2D eigenvalue weighted by Gasteiger charge is -2.12. The number of nitrogens with one attached hydrogen (secondary N) is 1. The van der Waals surface area contributed by atoms with E-state index in [0.717, 1.165) is 17.0 Å². The van der Waals surface area contributed by atoms with Crippen LogP contribution < -0.4 is 5.32 Å². The fraction of sp³-hybridized carbons (Fsp3) is 0.130. The number of ether oxygens (including phenoxy) is 1. The fourth-order valence-electron chi connectivity index (χ4n) is 3.32. The number of carbonyl (C=O) groups is 2. The van der Waals surface area contributed by atoms with Crippen LogP contribution in [0.3, 0.4) is 0 Å². The zero-order valence-electron chi connectivity index (χ0n) is 17.5. The van der Waals surface area contributed by atoms with Crippen molar-refractivity contribution in [1.29, 1.82) is 0 Å². The van der Waals surface area contributed by atoms with Gasteiger partial charge >= 0.3 is 5.97 Å².